The monoisotopic (exact) mass is 414 g/mol. The van der Waals surface area contributed by atoms with Crippen molar-refractivity contribution in [3.8, 4) is 5.75 Å². The van der Waals surface area contributed by atoms with Crippen LogP contribution in [0.5, 0.6) is 5.75 Å². The number of carbonyl (C=O) groups is 1. The molecular formula is C21H19FN2O4S. The third-order valence-corrected chi connectivity index (χ3v) is 5.35. The van der Waals surface area contributed by atoms with E-state index in [0.29, 0.717) is 23.6 Å². The van der Waals surface area contributed by atoms with Gasteiger partial charge >= 0.3 is 0 Å². The summed E-state index contributed by atoms with van der Waals surface area (Å²) >= 11 is 0. The summed E-state index contributed by atoms with van der Waals surface area (Å²) in [7, 11) is -3.96. The van der Waals surface area contributed by atoms with Gasteiger partial charge in [-0.05, 0) is 67.6 Å². The Balaban J connectivity index is 1.69. The number of para-hydroxylation sites is 1. The molecule has 0 saturated heterocycles. The van der Waals surface area contributed by atoms with Crippen LogP contribution in [0.2, 0.25) is 0 Å². The lowest BCUT2D eigenvalue weighted by Crippen LogP contribution is -2.15. The minimum Gasteiger partial charge on any atom is -0.494 e. The molecule has 150 valence electrons. The number of hydrogen-bond acceptors (Lipinski definition) is 4. The van der Waals surface area contributed by atoms with E-state index in [4.69, 9.17) is 4.74 Å². The molecule has 8 heteroatoms. The van der Waals surface area contributed by atoms with Crippen molar-refractivity contribution in [1.82, 2.24) is 0 Å². The van der Waals surface area contributed by atoms with Crippen molar-refractivity contribution in [3.05, 3.63) is 84.2 Å². The molecule has 0 saturated carbocycles. The van der Waals surface area contributed by atoms with Crippen molar-refractivity contribution >= 4 is 27.3 Å². The minimum absolute atomic E-state index is 0.0557. The predicted octanol–water partition coefficient (Wildman–Crippen LogP) is 4.28. The highest BCUT2D eigenvalue weighted by Gasteiger charge is 2.16. The first-order valence-corrected chi connectivity index (χ1v) is 10.3. The first kappa shape index (κ1) is 20.3. The van der Waals surface area contributed by atoms with Crippen molar-refractivity contribution < 1.29 is 22.3 Å². The molecule has 3 rings (SSSR count). The van der Waals surface area contributed by atoms with Gasteiger partial charge in [-0.15, -0.1) is 0 Å². The number of carbonyl (C=O) groups excluding carboxylic acids is 1. The molecule has 0 heterocycles. The van der Waals surface area contributed by atoms with Gasteiger partial charge in [0.05, 0.1) is 17.2 Å². The van der Waals surface area contributed by atoms with Gasteiger partial charge in [-0.3, -0.25) is 9.52 Å². The molecule has 0 aliphatic carbocycles. The maximum absolute atomic E-state index is 13.7. The summed E-state index contributed by atoms with van der Waals surface area (Å²) in [5.41, 5.74) is 0.723. The SMILES string of the molecule is CCOc1ccc(C(=O)Nc2ccc(S(=O)(=O)Nc3ccccc3F)cc2)cc1. The van der Waals surface area contributed by atoms with Gasteiger partial charge < -0.3 is 10.1 Å². The first-order chi connectivity index (χ1) is 13.9. The van der Waals surface area contributed by atoms with Gasteiger partial charge in [0, 0.05) is 11.3 Å². The smallest absolute Gasteiger partial charge is 0.261 e. The third-order valence-electron chi connectivity index (χ3n) is 3.97. The highest BCUT2D eigenvalue weighted by molar-refractivity contribution is 7.92. The first-order valence-electron chi connectivity index (χ1n) is 8.80. The van der Waals surface area contributed by atoms with E-state index in [1.54, 1.807) is 24.3 Å². The molecule has 1 amide bonds. The highest BCUT2D eigenvalue weighted by Crippen LogP contribution is 2.21. The molecule has 0 unspecified atom stereocenters. The maximum atomic E-state index is 13.7. The van der Waals surface area contributed by atoms with E-state index in [-0.39, 0.29) is 16.5 Å². The van der Waals surface area contributed by atoms with Gasteiger partial charge in [-0.1, -0.05) is 12.1 Å². The Labute approximate surface area is 168 Å². The third kappa shape index (κ3) is 5.11. The highest BCUT2D eigenvalue weighted by atomic mass is 32.2. The summed E-state index contributed by atoms with van der Waals surface area (Å²) in [5.74, 6) is -0.343. The largest absolute Gasteiger partial charge is 0.494 e. The zero-order valence-electron chi connectivity index (χ0n) is 15.6. The average molecular weight is 414 g/mol. The molecule has 0 fully saturated rings. The zero-order chi connectivity index (χ0) is 20.9. The Kier molecular flexibility index (Phi) is 6.13. The summed E-state index contributed by atoms with van der Waals surface area (Å²) in [5, 5.41) is 2.69. The molecule has 0 radical (unpaired) electrons. The van der Waals surface area contributed by atoms with Gasteiger partial charge in [-0.2, -0.15) is 0 Å². The van der Waals surface area contributed by atoms with E-state index in [1.807, 2.05) is 6.92 Å². The van der Waals surface area contributed by atoms with Crippen LogP contribution >= 0.6 is 0 Å². The Morgan fingerprint density at radius 1 is 0.966 bits per heavy atom. The number of halogens is 1. The number of amides is 1. The number of rotatable bonds is 7. The lowest BCUT2D eigenvalue weighted by Gasteiger charge is -2.10. The van der Waals surface area contributed by atoms with Crippen LogP contribution < -0.4 is 14.8 Å². The lowest BCUT2D eigenvalue weighted by molar-refractivity contribution is 0.102. The van der Waals surface area contributed by atoms with Crippen molar-refractivity contribution in [2.24, 2.45) is 0 Å². The normalized spacial score (nSPS) is 11.0. The van der Waals surface area contributed by atoms with Gasteiger partial charge in [0.1, 0.15) is 11.6 Å². The number of sulfonamides is 1. The minimum atomic E-state index is -3.96. The topological polar surface area (TPSA) is 84.5 Å². The number of anilines is 2. The van der Waals surface area contributed by atoms with E-state index in [1.165, 1.54) is 42.5 Å². The van der Waals surface area contributed by atoms with E-state index in [0.717, 1.165) is 6.07 Å². The van der Waals surface area contributed by atoms with Crippen molar-refractivity contribution in [1.29, 1.82) is 0 Å². The fourth-order valence-corrected chi connectivity index (χ4v) is 3.60. The van der Waals surface area contributed by atoms with E-state index in [9.17, 15) is 17.6 Å². The van der Waals surface area contributed by atoms with E-state index < -0.39 is 15.8 Å². The van der Waals surface area contributed by atoms with Crippen LogP contribution in [0.3, 0.4) is 0 Å². The van der Waals surface area contributed by atoms with Crippen molar-refractivity contribution in [3.63, 3.8) is 0 Å². The summed E-state index contributed by atoms with van der Waals surface area (Å²) in [6, 6.07) is 17.7. The second kappa shape index (κ2) is 8.74. The molecular weight excluding hydrogens is 395 g/mol. The molecule has 2 N–H and O–H groups in total. The standard InChI is InChI=1S/C21H19FN2O4S/c1-2-28-17-11-7-15(8-12-17)21(25)23-16-9-13-18(14-10-16)29(26,27)24-20-6-4-3-5-19(20)22/h3-14,24H,2H2,1H3,(H,23,25). The fraction of sp³-hybridized carbons (Fsp3) is 0.0952. The molecule has 3 aromatic rings. The number of hydrogen-bond donors (Lipinski definition) is 2. The van der Waals surface area contributed by atoms with Crippen molar-refractivity contribution in [2.45, 2.75) is 11.8 Å². The molecule has 0 aliphatic heterocycles. The van der Waals surface area contributed by atoms with Gasteiger partial charge in [0.2, 0.25) is 0 Å². The summed E-state index contributed by atoms with van der Waals surface area (Å²) in [6.45, 7) is 2.41. The average Bonchev–Trinajstić information content (AvgIpc) is 2.71. The second-order valence-electron chi connectivity index (χ2n) is 6.02. The molecule has 0 aliphatic rings. The Morgan fingerprint density at radius 2 is 1.62 bits per heavy atom. The number of benzene rings is 3. The van der Waals surface area contributed by atoms with Crippen LogP contribution in [0.4, 0.5) is 15.8 Å². The van der Waals surface area contributed by atoms with Crippen molar-refractivity contribution in [2.75, 3.05) is 16.6 Å². The molecule has 29 heavy (non-hydrogen) atoms. The summed E-state index contributed by atoms with van der Waals surface area (Å²) < 4.78 is 46.1. The van der Waals surface area contributed by atoms with E-state index >= 15 is 0 Å². The van der Waals surface area contributed by atoms with E-state index in [2.05, 4.69) is 10.0 Å². The molecule has 3 aromatic carbocycles. The predicted molar refractivity (Wildman–Crippen MR) is 109 cm³/mol. The van der Waals surface area contributed by atoms with Gasteiger partial charge in [0.25, 0.3) is 15.9 Å². The molecule has 0 bridgehead atoms. The van der Waals surface area contributed by atoms with Gasteiger partial charge in [0.15, 0.2) is 0 Å². The lowest BCUT2D eigenvalue weighted by atomic mass is 10.2. The summed E-state index contributed by atoms with van der Waals surface area (Å²) in [4.78, 5) is 12.3. The quantitative estimate of drug-likeness (QED) is 0.604. The van der Waals surface area contributed by atoms with Crippen LogP contribution in [0.25, 0.3) is 0 Å². The fourth-order valence-electron chi connectivity index (χ4n) is 2.54. The van der Waals surface area contributed by atoms with Crippen LogP contribution in [-0.2, 0) is 10.0 Å². The molecule has 0 spiro atoms. The van der Waals surface area contributed by atoms with Gasteiger partial charge in [-0.25, -0.2) is 12.8 Å². The Hall–Kier alpha value is -3.39. The zero-order valence-corrected chi connectivity index (χ0v) is 16.4. The summed E-state index contributed by atoms with van der Waals surface area (Å²) in [6.07, 6.45) is 0. The van der Waals surface area contributed by atoms with Crippen LogP contribution in [0, 0.1) is 5.82 Å². The molecule has 0 atom stereocenters. The second-order valence-corrected chi connectivity index (χ2v) is 7.70. The van der Waals surface area contributed by atoms with Crippen LogP contribution in [0.1, 0.15) is 17.3 Å². The molecule has 6 nitrogen and oxygen atoms in total. The molecule has 0 aromatic heterocycles. The number of ether oxygens (including phenoxy) is 1. The Morgan fingerprint density at radius 3 is 2.24 bits per heavy atom. The number of nitrogens with one attached hydrogen (secondary N) is 2. The van der Waals surface area contributed by atoms with Crippen LogP contribution in [0.15, 0.2) is 77.7 Å². The van der Waals surface area contributed by atoms with Crippen LogP contribution in [-0.4, -0.2) is 20.9 Å². The Bertz CT molecular complexity index is 1100. The maximum Gasteiger partial charge on any atom is 0.261 e.